The van der Waals surface area contributed by atoms with Crippen LogP contribution < -0.4 is 0 Å². The monoisotopic (exact) mass is 238 g/mol. The van der Waals surface area contributed by atoms with Gasteiger partial charge in [0, 0.05) is 19.4 Å². The molecule has 1 aromatic rings. The first kappa shape index (κ1) is 13.3. The summed E-state index contributed by atoms with van der Waals surface area (Å²) in [5, 5.41) is 0. The maximum Gasteiger partial charge on any atom is 0.333 e. The Labute approximate surface area is 101 Å². The zero-order valence-electron chi connectivity index (χ0n) is 10.4. The summed E-state index contributed by atoms with van der Waals surface area (Å²) in [6.07, 6.45) is 7.89. The second-order valence-electron chi connectivity index (χ2n) is 3.64. The number of ether oxygens (including phenoxy) is 2. The lowest BCUT2D eigenvalue weighted by atomic mass is 10.2. The van der Waals surface area contributed by atoms with E-state index in [4.69, 9.17) is 4.74 Å². The minimum absolute atomic E-state index is 0.138. The molecule has 5 heteroatoms. The van der Waals surface area contributed by atoms with Crippen LogP contribution in [0.4, 0.5) is 0 Å². The molecule has 1 rings (SSSR count). The maximum atomic E-state index is 10.9. The van der Waals surface area contributed by atoms with E-state index in [9.17, 15) is 4.79 Å². The van der Waals surface area contributed by atoms with Crippen LogP contribution in [0.5, 0.6) is 0 Å². The second kappa shape index (κ2) is 6.73. The van der Waals surface area contributed by atoms with Gasteiger partial charge in [-0.1, -0.05) is 13.3 Å². The van der Waals surface area contributed by atoms with Gasteiger partial charge in [-0.15, -0.1) is 0 Å². The van der Waals surface area contributed by atoms with E-state index in [1.165, 1.54) is 19.4 Å². The molecule has 0 amide bonds. The molecule has 17 heavy (non-hydrogen) atoms. The highest BCUT2D eigenvalue weighted by Crippen LogP contribution is 2.20. The summed E-state index contributed by atoms with van der Waals surface area (Å²) in [5.41, 5.74) is 0. The standard InChI is InChI=1S/C12H18N2O3/c1-4-5-10(12-13-7-8-14(12)2)17-9-6-11(15)16-3/h6-10H,4-5H2,1-3H3/b9-6-. The summed E-state index contributed by atoms with van der Waals surface area (Å²) in [4.78, 5) is 15.1. The molecule has 0 N–H and O–H groups in total. The lowest BCUT2D eigenvalue weighted by molar-refractivity contribution is -0.135. The Morgan fingerprint density at radius 1 is 1.65 bits per heavy atom. The highest BCUT2D eigenvalue weighted by atomic mass is 16.5. The van der Waals surface area contributed by atoms with Gasteiger partial charge in [0.1, 0.15) is 5.82 Å². The topological polar surface area (TPSA) is 53.4 Å². The number of carbonyl (C=O) groups excluding carboxylic acids is 1. The molecule has 0 aliphatic carbocycles. The van der Waals surface area contributed by atoms with Crippen LogP contribution in [0.2, 0.25) is 0 Å². The Hall–Kier alpha value is -1.78. The quantitative estimate of drug-likeness (QED) is 0.432. The van der Waals surface area contributed by atoms with Gasteiger partial charge in [-0.3, -0.25) is 0 Å². The fraction of sp³-hybridized carbons (Fsp3) is 0.500. The van der Waals surface area contributed by atoms with Crippen LogP contribution in [0.1, 0.15) is 31.7 Å². The Balaban J connectivity index is 2.64. The van der Waals surface area contributed by atoms with Gasteiger partial charge in [-0.25, -0.2) is 9.78 Å². The molecule has 0 spiro atoms. The largest absolute Gasteiger partial charge is 0.490 e. The van der Waals surface area contributed by atoms with E-state index in [2.05, 4.69) is 16.6 Å². The third-order valence-corrected chi connectivity index (χ3v) is 2.35. The Kier molecular flexibility index (Phi) is 5.26. The van der Waals surface area contributed by atoms with Gasteiger partial charge in [-0.05, 0) is 6.42 Å². The first-order valence-electron chi connectivity index (χ1n) is 5.56. The van der Waals surface area contributed by atoms with E-state index in [-0.39, 0.29) is 6.10 Å². The number of aryl methyl sites for hydroxylation is 1. The summed E-state index contributed by atoms with van der Waals surface area (Å²) in [7, 11) is 3.24. The van der Waals surface area contributed by atoms with Crippen molar-refractivity contribution in [2.45, 2.75) is 25.9 Å². The van der Waals surface area contributed by atoms with E-state index in [1.54, 1.807) is 6.20 Å². The number of nitrogens with zero attached hydrogens (tertiary/aromatic N) is 2. The number of hydrogen-bond donors (Lipinski definition) is 0. The van der Waals surface area contributed by atoms with Gasteiger partial charge in [-0.2, -0.15) is 0 Å². The van der Waals surface area contributed by atoms with Crippen molar-refractivity contribution in [1.82, 2.24) is 9.55 Å². The minimum Gasteiger partial charge on any atom is -0.490 e. The van der Waals surface area contributed by atoms with Crippen LogP contribution in [-0.4, -0.2) is 22.6 Å². The van der Waals surface area contributed by atoms with E-state index >= 15 is 0 Å². The molecule has 0 aliphatic rings. The van der Waals surface area contributed by atoms with Crippen molar-refractivity contribution < 1.29 is 14.3 Å². The van der Waals surface area contributed by atoms with Gasteiger partial charge in [0.25, 0.3) is 0 Å². The molecular weight excluding hydrogens is 220 g/mol. The zero-order chi connectivity index (χ0) is 12.7. The molecule has 1 heterocycles. The molecule has 1 aromatic heterocycles. The second-order valence-corrected chi connectivity index (χ2v) is 3.64. The predicted octanol–water partition coefficient (Wildman–Crippen LogP) is 1.96. The summed E-state index contributed by atoms with van der Waals surface area (Å²) in [6.45, 7) is 2.07. The molecule has 94 valence electrons. The highest BCUT2D eigenvalue weighted by molar-refractivity contribution is 5.81. The van der Waals surface area contributed by atoms with Gasteiger partial charge >= 0.3 is 5.97 Å². The van der Waals surface area contributed by atoms with Gasteiger partial charge < -0.3 is 14.0 Å². The Morgan fingerprint density at radius 3 is 2.94 bits per heavy atom. The number of methoxy groups -OCH3 is 1. The molecule has 0 aromatic carbocycles. The molecule has 0 saturated carbocycles. The van der Waals surface area contributed by atoms with Crippen LogP contribution in [0.3, 0.4) is 0 Å². The first-order chi connectivity index (χ1) is 8.19. The Bertz CT molecular complexity index is 385. The van der Waals surface area contributed by atoms with Crippen LogP contribution >= 0.6 is 0 Å². The molecule has 0 radical (unpaired) electrons. The number of carbonyl (C=O) groups is 1. The van der Waals surface area contributed by atoms with Gasteiger partial charge in [0.15, 0.2) is 6.10 Å². The zero-order valence-corrected chi connectivity index (χ0v) is 10.4. The van der Waals surface area contributed by atoms with Crippen molar-refractivity contribution in [2.24, 2.45) is 7.05 Å². The van der Waals surface area contributed by atoms with Gasteiger partial charge in [0.2, 0.25) is 0 Å². The molecular formula is C12H18N2O3. The van der Waals surface area contributed by atoms with Crippen LogP contribution in [0, 0.1) is 0 Å². The molecule has 0 aliphatic heterocycles. The SMILES string of the molecule is CCCC(O/C=C\C(=O)OC)c1nccn1C. The fourth-order valence-corrected chi connectivity index (χ4v) is 1.47. The average Bonchev–Trinajstić information content (AvgIpc) is 2.74. The van der Waals surface area contributed by atoms with Crippen LogP contribution in [0.15, 0.2) is 24.7 Å². The van der Waals surface area contributed by atoms with E-state index < -0.39 is 5.97 Å². The summed E-state index contributed by atoms with van der Waals surface area (Å²) >= 11 is 0. The van der Waals surface area contributed by atoms with Gasteiger partial charge in [0.05, 0.1) is 19.4 Å². The molecule has 0 fully saturated rings. The van der Waals surface area contributed by atoms with Crippen molar-refractivity contribution >= 4 is 5.97 Å². The predicted molar refractivity (Wildman–Crippen MR) is 63.1 cm³/mol. The number of hydrogen-bond acceptors (Lipinski definition) is 4. The van der Waals surface area contributed by atoms with Crippen molar-refractivity contribution in [3.05, 3.63) is 30.6 Å². The van der Waals surface area contributed by atoms with Crippen molar-refractivity contribution in [3.8, 4) is 0 Å². The normalized spacial score (nSPS) is 12.6. The van der Waals surface area contributed by atoms with Crippen molar-refractivity contribution in [3.63, 3.8) is 0 Å². The van der Waals surface area contributed by atoms with Crippen LogP contribution in [0.25, 0.3) is 0 Å². The smallest absolute Gasteiger partial charge is 0.333 e. The third-order valence-electron chi connectivity index (χ3n) is 2.35. The van der Waals surface area contributed by atoms with Crippen LogP contribution in [-0.2, 0) is 21.3 Å². The number of esters is 1. The van der Waals surface area contributed by atoms with E-state index in [0.29, 0.717) is 0 Å². The number of rotatable bonds is 6. The Morgan fingerprint density at radius 2 is 2.41 bits per heavy atom. The highest BCUT2D eigenvalue weighted by Gasteiger charge is 2.14. The maximum absolute atomic E-state index is 10.9. The molecule has 0 bridgehead atoms. The summed E-state index contributed by atoms with van der Waals surface area (Å²) < 4.78 is 11.9. The molecule has 1 unspecified atom stereocenters. The van der Waals surface area contributed by atoms with Crippen molar-refractivity contribution in [2.75, 3.05) is 7.11 Å². The van der Waals surface area contributed by atoms with E-state index in [1.807, 2.05) is 17.8 Å². The average molecular weight is 238 g/mol. The number of imidazole rings is 1. The summed E-state index contributed by atoms with van der Waals surface area (Å²) in [6, 6.07) is 0. The first-order valence-corrected chi connectivity index (χ1v) is 5.56. The third kappa shape index (κ3) is 3.94. The molecule has 0 saturated heterocycles. The molecule has 1 atom stereocenters. The summed E-state index contributed by atoms with van der Waals surface area (Å²) in [5.74, 6) is 0.418. The van der Waals surface area contributed by atoms with E-state index in [0.717, 1.165) is 18.7 Å². The molecule has 5 nitrogen and oxygen atoms in total. The van der Waals surface area contributed by atoms with Crippen molar-refractivity contribution in [1.29, 1.82) is 0 Å². The lowest BCUT2D eigenvalue weighted by Crippen LogP contribution is -2.08. The number of aromatic nitrogens is 2. The minimum atomic E-state index is -0.430. The fourth-order valence-electron chi connectivity index (χ4n) is 1.47. The lowest BCUT2D eigenvalue weighted by Gasteiger charge is -2.15.